The Kier molecular flexibility index (Phi) is 7.61. The van der Waals surface area contributed by atoms with Gasteiger partial charge in [-0.2, -0.15) is 0 Å². The minimum absolute atomic E-state index is 0.0654. The van der Waals surface area contributed by atoms with Gasteiger partial charge in [0.2, 0.25) is 5.91 Å². The molecule has 0 aromatic heterocycles. The summed E-state index contributed by atoms with van der Waals surface area (Å²) < 4.78 is 0. The van der Waals surface area contributed by atoms with Gasteiger partial charge in [0, 0.05) is 32.7 Å². The van der Waals surface area contributed by atoms with Crippen LogP contribution in [0.1, 0.15) is 60.0 Å². The predicted molar refractivity (Wildman–Crippen MR) is 151 cm³/mol. The SMILES string of the molecule is CNC(=O)C1C(=O)[C@@H](N(C)C)[C@@H]2C[C@@H]3Cc4c(N(C)C)cc(CCC5CCCC5)c(O)c4C(=O)C3C(=O)[C@]2(O)C1=O. The van der Waals surface area contributed by atoms with Crippen LogP contribution in [0.15, 0.2) is 6.07 Å². The van der Waals surface area contributed by atoms with Crippen molar-refractivity contribution in [2.75, 3.05) is 40.1 Å². The molecule has 3 fully saturated rings. The Hall–Kier alpha value is -3.11. The monoisotopic (exact) mass is 567 g/mol. The highest BCUT2D eigenvalue weighted by atomic mass is 16.3. The number of benzene rings is 1. The van der Waals surface area contributed by atoms with E-state index in [1.807, 2.05) is 25.1 Å². The zero-order valence-corrected chi connectivity index (χ0v) is 24.5. The van der Waals surface area contributed by atoms with Crippen molar-refractivity contribution in [1.29, 1.82) is 0 Å². The van der Waals surface area contributed by atoms with Gasteiger partial charge >= 0.3 is 0 Å². The Morgan fingerprint density at radius 3 is 2.32 bits per heavy atom. The molecule has 0 saturated heterocycles. The lowest BCUT2D eigenvalue weighted by atomic mass is 9.52. The van der Waals surface area contributed by atoms with E-state index in [2.05, 4.69) is 5.32 Å². The summed E-state index contributed by atoms with van der Waals surface area (Å²) in [6.45, 7) is 0. The first kappa shape index (κ1) is 29.4. The number of ketones is 4. The molecule has 4 aliphatic rings. The standard InChI is InChI=1S/C31H41N3O7/c1-32-30(40)23-27(37)24(34(4)5)19-13-17-12-18-20(33(2)3)14-16(11-10-15-8-6-7-9-15)25(35)22(18)26(36)21(17)28(38)31(19,41)29(23)39/h14-15,17,19,21,23-24,35,41H,6-13H2,1-5H3,(H,32,40)/t17-,19-,21?,23?,24-,31-/m0/s1. The number of aryl methyl sites for hydroxylation is 1. The van der Waals surface area contributed by atoms with Crippen LogP contribution in [0.3, 0.4) is 0 Å². The van der Waals surface area contributed by atoms with E-state index in [0.717, 1.165) is 24.9 Å². The highest BCUT2D eigenvalue weighted by Gasteiger charge is 2.69. The van der Waals surface area contributed by atoms with Crippen molar-refractivity contribution in [3.05, 3.63) is 22.8 Å². The van der Waals surface area contributed by atoms with Crippen LogP contribution in [-0.2, 0) is 32.0 Å². The van der Waals surface area contributed by atoms with Crippen molar-refractivity contribution in [2.45, 2.75) is 63.0 Å². The van der Waals surface area contributed by atoms with Crippen LogP contribution in [0.4, 0.5) is 5.69 Å². The molecule has 3 N–H and O–H groups in total. The minimum atomic E-state index is -2.67. The molecule has 0 bridgehead atoms. The Morgan fingerprint density at radius 2 is 1.73 bits per heavy atom. The summed E-state index contributed by atoms with van der Waals surface area (Å²) in [4.78, 5) is 71.4. The van der Waals surface area contributed by atoms with Crippen molar-refractivity contribution < 1.29 is 34.2 Å². The maximum Gasteiger partial charge on any atom is 0.238 e. The molecule has 1 aromatic carbocycles. The van der Waals surface area contributed by atoms with Gasteiger partial charge in [-0.3, -0.25) is 28.9 Å². The molecular weight excluding hydrogens is 526 g/mol. The van der Waals surface area contributed by atoms with Crippen molar-refractivity contribution in [2.24, 2.45) is 29.6 Å². The zero-order chi connectivity index (χ0) is 30.0. The number of hydrogen-bond acceptors (Lipinski definition) is 9. The van der Waals surface area contributed by atoms with Gasteiger partial charge in [0.1, 0.15) is 5.75 Å². The molecular formula is C31H41N3O7. The number of likely N-dealkylation sites (N-methyl/N-ethyl adjacent to an activating group) is 1. The van der Waals surface area contributed by atoms with Gasteiger partial charge in [0.25, 0.3) is 0 Å². The van der Waals surface area contributed by atoms with Crippen LogP contribution in [0.25, 0.3) is 0 Å². The predicted octanol–water partition coefficient (Wildman–Crippen LogP) is 1.32. The van der Waals surface area contributed by atoms with Crippen molar-refractivity contribution in [3.8, 4) is 5.75 Å². The number of rotatable bonds is 6. The van der Waals surface area contributed by atoms with Crippen molar-refractivity contribution in [3.63, 3.8) is 0 Å². The van der Waals surface area contributed by atoms with Crippen LogP contribution in [-0.4, -0.2) is 91.0 Å². The molecule has 1 amide bonds. The summed E-state index contributed by atoms with van der Waals surface area (Å²) in [6, 6.07) is 0.864. The van der Waals surface area contributed by atoms with E-state index in [4.69, 9.17) is 0 Å². The summed E-state index contributed by atoms with van der Waals surface area (Å²) in [5, 5.41) is 25.6. The normalized spacial score (nSPS) is 31.6. The maximum atomic E-state index is 14.2. The molecule has 10 nitrogen and oxygen atoms in total. The topological polar surface area (TPSA) is 144 Å². The second-order valence-corrected chi connectivity index (χ2v) is 12.8. The van der Waals surface area contributed by atoms with Gasteiger partial charge < -0.3 is 20.4 Å². The molecule has 222 valence electrons. The fourth-order valence-corrected chi connectivity index (χ4v) is 8.08. The van der Waals surface area contributed by atoms with Gasteiger partial charge in [-0.15, -0.1) is 0 Å². The van der Waals surface area contributed by atoms with Crippen LogP contribution in [0, 0.1) is 29.6 Å². The number of phenols is 1. The number of carbonyl (C=O) groups excluding carboxylic acids is 5. The molecule has 5 rings (SSSR count). The van der Waals surface area contributed by atoms with Crippen LogP contribution < -0.4 is 10.2 Å². The third-order valence-electron chi connectivity index (χ3n) is 10.1. The third-order valence-corrected chi connectivity index (χ3v) is 10.1. The lowest BCUT2D eigenvalue weighted by Gasteiger charge is -2.52. The number of aliphatic hydroxyl groups is 1. The van der Waals surface area contributed by atoms with Crippen LogP contribution in [0.5, 0.6) is 5.75 Å². The number of Topliss-reactive ketones (excluding diaryl/α,β-unsaturated/α-hetero) is 4. The highest BCUT2D eigenvalue weighted by Crippen LogP contribution is 2.52. The summed E-state index contributed by atoms with van der Waals surface area (Å²) >= 11 is 0. The number of amides is 1. The number of fused-ring (bicyclic) bond motifs is 3. The molecule has 6 atom stereocenters. The Bertz CT molecular complexity index is 1320. The number of nitrogens with one attached hydrogen (secondary N) is 1. The lowest BCUT2D eigenvalue weighted by molar-refractivity contribution is -0.181. The second kappa shape index (κ2) is 10.6. The first-order valence-electron chi connectivity index (χ1n) is 14.7. The van der Waals surface area contributed by atoms with Crippen LogP contribution >= 0.6 is 0 Å². The van der Waals surface area contributed by atoms with Gasteiger partial charge in [0.15, 0.2) is 34.7 Å². The number of anilines is 1. The molecule has 1 aromatic rings. The number of phenolic OH excluding ortho intramolecular Hbond substituents is 1. The summed E-state index contributed by atoms with van der Waals surface area (Å²) in [7, 11) is 8.22. The Labute approximate surface area is 240 Å². The summed E-state index contributed by atoms with van der Waals surface area (Å²) in [5.74, 6) is -8.76. The van der Waals surface area contributed by atoms with Crippen LogP contribution in [0.2, 0.25) is 0 Å². The highest BCUT2D eigenvalue weighted by molar-refractivity contribution is 6.32. The largest absolute Gasteiger partial charge is 0.507 e. The number of hydrogen-bond donors (Lipinski definition) is 3. The molecule has 0 heterocycles. The van der Waals surface area contributed by atoms with Gasteiger partial charge in [-0.1, -0.05) is 25.7 Å². The summed E-state index contributed by atoms with van der Waals surface area (Å²) in [5.41, 5.74) is -0.508. The number of aromatic hydroxyl groups is 1. The molecule has 4 aliphatic carbocycles. The molecule has 10 heteroatoms. The first-order chi connectivity index (χ1) is 19.3. The van der Waals surface area contributed by atoms with E-state index >= 15 is 0 Å². The average molecular weight is 568 g/mol. The smallest absolute Gasteiger partial charge is 0.238 e. The minimum Gasteiger partial charge on any atom is -0.507 e. The second-order valence-electron chi connectivity index (χ2n) is 12.8. The fourth-order valence-electron chi connectivity index (χ4n) is 8.08. The van der Waals surface area contributed by atoms with E-state index < -0.39 is 64.4 Å². The lowest BCUT2D eigenvalue weighted by Crippen LogP contribution is -2.74. The number of carbonyl (C=O) groups is 5. The van der Waals surface area contributed by atoms with E-state index in [1.165, 1.54) is 24.8 Å². The Morgan fingerprint density at radius 1 is 1.07 bits per heavy atom. The average Bonchev–Trinajstić information content (AvgIpc) is 3.43. The van der Waals surface area contributed by atoms with Crippen molar-refractivity contribution >= 4 is 34.7 Å². The van der Waals surface area contributed by atoms with Gasteiger partial charge in [-0.25, -0.2) is 0 Å². The molecule has 0 radical (unpaired) electrons. The Balaban J connectivity index is 1.59. The van der Waals surface area contributed by atoms with Gasteiger partial charge in [0.05, 0.1) is 17.5 Å². The fraction of sp³-hybridized carbons (Fsp3) is 0.645. The van der Waals surface area contributed by atoms with E-state index in [-0.39, 0.29) is 24.2 Å². The van der Waals surface area contributed by atoms with E-state index in [1.54, 1.807) is 14.1 Å². The third kappa shape index (κ3) is 4.41. The molecule has 41 heavy (non-hydrogen) atoms. The summed E-state index contributed by atoms with van der Waals surface area (Å²) in [6.07, 6.45) is 6.56. The number of nitrogens with zero attached hydrogens (tertiary/aromatic N) is 2. The van der Waals surface area contributed by atoms with E-state index in [9.17, 15) is 34.2 Å². The molecule has 2 unspecified atom stereocenters. The molecule has 0 aliphatic heterocycles. The van der Waals surface area contributed by atoms with E-state index in [0.29, 0.717) is 23.5 Å². The quantitative estimate of drug-likeness (QED) is 0.434. The molecule has 3 saturated carbocycles. The van der Waals surface area contributed by atoms with Crippen molar-refractivity contribution in [1.82, 2.24) is 10.2 Å². The van der Waals surface area contributed by atoms with Gasteiger partial charge in [-0.05, 0) is 68.8 Å². The molecule has 0 spiro atoms. The maximum absolute atomic E-state index is 14.2. The zero-order valence-electron chi connectivity index (χ0n) is 24.5. The first-order valence-corrected chi connectivity index (χ1v) is 14.7.